The Balaban J connectivity index is 1.17. The van der Waals surface area contributed by atoms with Crippen LogP contribution in [0.5, 0.6) is 0 Å². The van der Waals surface area contributed by atoms with Crippen molar-refractivity contribution in [1.29, 1.82) is 0 Å². The summed E-state index contributed by atoms with van der Waals surface area (Å²) in [6, 6.07) is 20.0. The number of nitrogens with one attached hydrogen (secondary N) is 1. The van der Waals surface area contributed by atoms with Gasteiger partial charge in [0.2, 0.25) is 5.91 Å². The summed E-state index contributed by atoms with van der Waals surface area (Å²) in [6.07, 6.45) is 7.51. The third kappa shape index (κ3) is 5.20. The van der Waals surface area contributed by atoms with E-state index in [0.717, 1.165) is 58.2 Å². The van der Waals surface area contributed by atoms with Crippen LogP contribution in [-0.2, 0) is 11.2 Å². The van der Waals surface area contributed by atoms with Gasteiger partial charge in [-0.25, -0.2) is 0 Å². The SMILES string of the molecule is O=C(NCC1CCN(CCc2ccccc2)C1)C1CC2CCCCC2N1C(=O)c1ccccc1. The monoisotopic (exact) mass is 459 g/mol. The smallest absolute Gasteiger partial charge is 0.254 e. The Morgan fingerprint density at radius 1 is 0.912 bits per heavy atom. The molecule has 180 valence electrons. The molecule has 2 aromatic carbocycles. The average Bonchev–Trinajstić information content (AvgIpc) is 3.51. The summed E-state index contributed by atoms with van der Waals surface area (Å²) in [4.78, 5) is 31.3. The van der Waals surface area contributed by atoms with Crippen LogP contribution in [0.2, 0.25) is 0 Å². The van der Waals surface area contributed by atoms with Gasteiger partial charge in [0.1, 0.15) is 6.04 Å². The third-order valence-electron chi connectivity index (χ3n) is 8.14. The zero-order valence-electron chi connectivity index (χ0n) is 20.1. The normalized spacial score (nSPS) is 26.9. The minimum atomic E-state index is -0.337. The van der Waals surface area contributed by atoms with Crippen molar-refractivity contribution in [2.24, 2.45) is 11.8 Å². The van der Waals surface area contributed by atoms with Gasteiger partial charge in [0, 0.05) is 31.2 Å². The second-order valence-electron chi connectivity index (χ2n) is 10.4. The second kappa shape index (κ2) is 10.7. The molecule has 2 aromatic rings. The first-order chi connectivity index (χ1) is 16.7. The van der Waals surface area contributed by atoms with Crippen molar-refractivity contribution in [3.05, 3.63) is 71.8 Å². The van der Waals surface area contributed by atoms with Gasteiger partial charge < -0.3 is 15.1 Å². The van der Waals surface area contributed by atoms with Crippen LogP contribution in [0, 0.1) is 11.8 Å². The third-order valence-corrected chi connectivity index (χ3v) is 8.14. The summed E-state index contributed by atoms with van der Waals surface area (Å²) in [5.41, 5.74) is 2.07. The van der Waals surface area contributed by atoms with E-state index in [1.54, 1.807) is 0 Å². The maximum atomic E-state index is 13.4. The summed E-state index contributed by atoms with van der Waals surface area (Å²) in [5.74, 6) is 1.00. The lowest BCUT2D eigenvalue weighted by molar-refractivity contribution is -0.125. The standard InChI is InChI=1S/C29H37N3O2/c33-28(30-20-23-16-18-31(21-23)17-15-22-9-3-1-4-10-22)27-19-25-13-7-8-14-26(25)32(27)29(34)24-11-5-2-6-12-24/h1-6,9-12,23,25-27H,7-8,13-21H2,(H,30,33). The van der Waals surface area contributed by atoms with Crippen LogP contribution in [0.1, 0.15) is 54.4 Å². The molecule has 34 heavy (non-hydrogen) atoms. The molecule has 4 atom stereocenters. The Labute approximate surface area is 203 Å². The molecular weight excluding hydrogens is 422 g/mol. The van der Waals surface area contributed by atoms with Gasteiger partial charge in [0.05, 0.1) is 0 Å². The molecule has 0 spiro atoms. The molecule has 0 radical (unpaired) electrons. The Morgan fingerprint density at radius 2 is 1.65 bits per heavy atom. The lowest BCUT2D eigenvalue weighted by Gasteiger charge is -2.33. The lowest BCUT2D eigenvalue weighted by atomic mass is 9.84. The first-order valence-electron chi connectivity index (χ1n) is 13.1. The van der Waals surface area contributed by atoms with Crippen molar-refractivity contribution in [3.8, 4) is 0 Å². The Morgan fingerprint density at radius 3 is 2.44 bits per heavy atom. The number of nitrogens with zero attached hydrogens (tertiary/aromatic N) is 2. The molecule has 2 amide bonds. The van der Waals surface area contributed by atoms with E-state index in [2.05, 4.69) is 40.5 Å². The van der Waals surface area contributed by atoms with Crippen LogP contribution in [0.25, 0.3) is 0 Å². The number of carbonyl (C=O) groups excluding carboxylic acids is 2. The molecule has 3 aliphatic rings. The number of likely N-dealkylation sites (tertiary alicyclic amines) is 2. The van der Waals surface area contributed by atoms with E-state index in [0.29, 0.717) is 23.9 Å². The number of carbonyl (C=O) groups is 2. The lowest BCUT2D eigenvalue weighted by Crippen LogP contribution is -2.50. The van der Waals surface area contributed by atoms with Crippen LogP contribution in [0.4, 0.5) is 0 Å². The van der Waals surface area contributed by atoms with Crippen molar-refractivity contribution in [1.82, 2.24) is 15.1 Å². The summed E-state index contributed by atoms with van der Waals surface area (Å²) in [7, 11) is 0. The molecule has 1 aliphatic carbocycles. The van der Waals surface area contributed by atoms with Crippen molar-refractivity contribution in [3.63, 3.8) is 0 Å². The highest BCUT2D eigenvalue weighted by Gasteiger charge is 2.47. The van der Waals surface area contributed by atoms with Gasteiger partial charge in [-0.2, -0.15) is 0 Å². The molecule has 3 fully saturated rings. The van der Waals surface area contributed by atoms with Crippen LogP contribution >= 0.6 is 0 Å². The quantitative estimate of drug-likeness (QED) is 0.677. The van der Waals surface area contributed by atoms with Gasteiger partial charge in [-0.15, -0.1) is 0 Å². The zero-order valence-corrected chi connectivity index (χ0v) is 20.1. The molecule has 2 saturated heterocycles. The van der Waals surface area contributed by atoms with Gasteiger partial charge in [0.25, 0.3) is 5.91 Å². The Kier molecular flexibility index (Phi) is 7.29. The molecule has 2 aliphatic heterocycles. The molecule has 5 rings (SSSR count). The number of hydrogen-bond acceptors (Lipinski definition) is 3. The second-order valence-corrected chi connectivity index (χ2v) is 10.4. The maximum absolute atomic E-state index is 13.4. The Hall–Kier alpha value is -2.66. The van der Waals surface area contributed by atoms with E-state index >= 15 is 0 Å². The number of rotatable bonds is 7. The van der Waals surface area contributed by atoms with E-state index in [4.69, 9.17) is 0 Å². The van der Waals surface area contributed by atoms with Crippen molar-refractivity contribution in [2.75, 3.05) is 26.2 Å². The van der Waals surface area contributed by atoms with Crippen molar-refractivity contribution < 1.29 is 9.59 Å². The predicted molar refractivity (Wildman–Crippen MR) is 134 cm³/mol. The molecule has 5 heteroatoms. The van der Waals surface area contributed by atoms with E-state index in [1.165, 1.54) is 12.0 Å². The molecule has 1 saturated carbocycles. The summed E-state index contributed by atoms with van der Waals surface area (Å²) in [5, 5.41) is 3.25. The predicted octanol–water partition coefficient (Wildman–Crippen LogP) is 4.14. The number of fused-ring (bicyclic) bond motifs is 1. The van der Waals surface area contributed by atoms with Gasteiger partial charge in [-0.1, -0.05) is 61.4 Å². The fraction of sp³-hybridized carbons (Fsp3) is 0.517. The van der Waals surface area contributed by atoms with E-state index in [-0.39, 0.29) is 23.9 Å². The minimum Gasteiger partial charge on any atom is -0.354 e. The molecule has 5 nitrogen and oxygen atoms in total. The van der Waals surface area contributed by atoms with Crippen molar-refractivity contribution in [2.45, 2.75) is 57.0 Å². The first kappa shape index (κ1) is 23.1. The molecule has 0 bridgehead atoms. The summed E-state index contributed by atoms with van der Waals surface area (Å²) < 4.78 is 0. The van der Waals surface area contributed by atoms with Gasteiger partial charge in [-0.3, -0.25) is 9.59 Å². The van der Waals surface area contributed by atoms with Crippen molar-refractivity contribution >= 4 is 11.8 Å². The molecule has 0 aromatic heterocycles. The number of hydrogen-bond donors (Lipinski definition) is 1. The van der Waals surface area contributed by atoms with Gasteiger partial charge >= 0.3 is 0 Å². The molecule has 4 unspecified atom stereocenters. The topological polar surface area (TPSA) is 52.7 Å². The van der Waals surface area contributed by atoms with Crippen LogP contribution < -0.4 is 5.32 Å². The van der Waals surface area contributed by atoms with Gasteiger partial charge in [0.15, 0.2) is 0 Å². The van der Waals surface area contributed by atoms with Crippen LogP contribution in [0.15, 0.2) is 60.7 Å². The average molecular weight is 460 g/mol. The Bertz CT molecular complexity index is 964. The molecular formula is C29H37N3O2. The fourth-order valence-electron chi connectivity index (χ4n) is 6.29. The van der Waals surface area contributed by atoms with Gasteiger partial charge in [-0.05, 0) is 68.2 Å². The molecule has 1 N–H and O–H groups in total. The number of amides is 2. The minimum absolute atomic E-state index is 0.0168. The first-order valence-corrected chi connectivity index (χ1v) is 13.1. The summed E-state index contributed by atoms with van der Waals surface area (Å²) >= 11 is 0. The highest BCUT2D eigenvalue weighted by Crippen LogP contribution is 2.40. The van der Waals surface area contributed by atoms with E-state index in [9.17, 15) is 9.59 Å². The maximum Gasteiger partial charge on any atom is 0.254 e. The van der Waals surface area contributed by atoms with E-state index < -0.39 is 0 Å². The molecule has 2 heterocycles. The number of benzene rings is 2. The van der Waals surface area contributed by atoms with E-state index in [1.807, 2.05) is 35.2 Å². The largest absolute Gasteiger partial charge is 0.354 e. The highest BCUT2D eigenvalue weighted by atomic mass is 16.2. The highest BCUT2D eigenvalue weighted by molar-refractivity contribution is 5.98. The summed E-state index contributed by atoms with van der Waals surface area (Å²) in [6.45, 7) is 3.91. The van der Waals surface area contributed by atoms with Crippen LogP contribution in [0.3, 0.4) is 0 Å². The zero-order chi connectivity index (χ0) is 23.3. The fourth-order valence-corrected chi connectivity index (χ4v) is 6.29. The van der Waals surface area contributed by atoms with Crippen LogP contribution in [-0.4, -0.2) is 59.9 Å².